The number of hydrogen-bond acceptors (Lipinski definition) is 5. The van der Waals surface area contributed by atoms with Gasteiger partial charge in [-0.1, -0.05) is 19.8 Å². The summed E-state index contributed by atoms with van der Waals surface area (Å²) >= 11 is 3.29. The van der Waals surface area contributed by atoms with Gasteiger partial charge in [-0.05, 0) is 49.2 Å². The van der Waals surface area contributed by atoms with E-state index in [9.17, 15) is 4.79 Å². The lowest BCUT2D eigenvalue weighted by atomic mass is 10.2. The molecule has 2 heterocycles. The van der Waals surface area contributed by atoms with E-state index in [1.54, 1.807) is 42.7 Å². The highest BCUT2D eigenvalue weighted by Crippen LogP contribution is 2.34. The molecule has 0 aliphatic heterocycles. The maximum Gasteiger partial charge on any atom is 0.353 e. The van der Waals surface area contributed by atoms with Crippen LogP contribution in [0.15, 0.2) is 36.4 Å². The standard InChI is InChI=1S/C19H20O3S2/c1-3-4-5-6-15-11-16-17(23-15)12-18(24-16)19(20)22-14-9-7-13(21-2)8-10-14/h7-12H,3-6H2,1-2H3. The Bertz CT molecular complexity index is 783. The van der Waals surface area contributed by atoms with E-state index < -0.39 is 0 Å². The maximum atomic E-state index is 12.3. The summed E-state index contributed by atoms with van der Waals surface area (Å²) in [6, 6.07) is 11.2. The van der Waals surface area contributed by atoms with Crippen molar-refractivity contribution in [3.8, 4) is 11.5 Å². The van der Waals surface area contributed by atoms with Crippen LogP contribution < -0.4 is 9.47 Å². The Labute approximate surface area is 149 Å². The fraction of sp³-hybridized carbons (Fsp3) is 0.316. The summed E-state index contributed by atoms with van der Waals surface area (Å²) < 4.78 is 12.9. The SMILES string of the molecule is CCCCCc1cc2sc(C(=O)Oc3ccc(OC)cc3)cc2s1. The van der Waals surface area contributed by atoms with E-state index in [1.165, 1.54) is 44.9 Å². The first-order chi connectivity index (χ1) is 11.7. The molecule has 0 saturated heterocycles. The number of carbonyl (C=O) groups is 1. The minimum atomic E-state index is -0.305. The topological polar surface area (TPSA) is 35.5 Å². The van der Waals surface area contributed by atoms with Crippen LogP contribution in [0, 0.1) is 0 Å². The van der Waals surface area contributed by atoms with Crippen molar-refractivity contribution in [2.24, 2.45) is 0 Å². The molecule has 0 fully saturated rings. The molecule has 2 aromatic heterocycles. The molecule has 0 aliphatic rings. The molecular formula is C19H20O3S2. The molecule has 0 amide bonds. The summed E-state index contributed by atoms with van der Waals surface area (Å²) in [7, 11) is 1.61. The smallest absolute Gasteiger partial charge is 0.353 e. The number of methoxy groups -OCH3 is 1. The maximum absolute atomic E-state index is 12.3. The Kier molecular flexibility index (Phi) is 5.53. The second-order valence-corrected chi connectivity index (χ2v) is 7.83. The molecule has 0 N–H and O–H groups in total. The van der Waals surface area contributed by atoms with Crippen molar-refractivity contribution in [1.29, 1.82) is 0 Å². The van der Waals surface area contributed by atoms with Gasteiger partial charge in [0, 0.05) is 14.3 Å². The molecule has 0 bridgehead atoms. The Morgan fingerprint density at radius 2 is 1.71 bits per heavy atom. The van der Waals surface area contributed by atoms with Crippen LogP contribution in [0.2, 0.25) is 0 Å². The van der Waals surface area contributed by atoms with E-state index in [-0.39, 0.29) is 5.97 Å². The summed E-state index contributed by atoms with van der Waals surface area (Å²) in [5.41, 5.74) is 0. The van der Waals surface area contributed by atoms with Crippen molar-refractivity contribution in [2.75, 3.05) is 7.11 Å². The Morgan fingerprint density at radius 1 is 1.00 bits per heavy atom. The van der Waals surface area contributed by atoms with E-state index in [2.05, 4.69) is 13.0 Å². The van der Waals surface area contributed by atoms with E-state index in [0.717, 1.165) is 12.2 Å². The van der Waals surface area contributed by atoms with Crippen molar-refractivity contribution in [1.82, 2.24) is 0 Å². The number of thiophene rings is 2. The van der Waals surface area contributed by atoms with Gasteiger partial charge in [-0.25, -0.2) is 4.79 Å². The van der Waals surface area contributed by atoms with Crippen molar-refractivity contribution in [3.05, 3.63) is 46.2 Å². The summed E-state index contributed by atoms with van der Waals surface area (Å²) in [5, 5.41) is 0. The zero-order valence-electron chi connectivity index (χ0n) is 13.8. The first-order valence-corrected chi connectivity index (χ1v) is 9.71. The first-order valence-electron chi connectivity index (χ1n) is 8.08. The van der Waals surface area contributed by atoms with Crippen LogP contribution >= 0.6 is 22.7 Å². The number of ether oxygens (including phenoxy) is 2. The van der Waals surface area contributed by atoms with Crippen molar-refractivity contribution in [2.45, 2.75) is 32.6 Å². The molecule has 126 valence electrons. The van der Waals surface area contributed by atoms with Gasteiger partial charge in [0.05, 0.1) is 7.11 Å². The fourth-order valence-electron chi connectivity index (χ4n) is 2.46. The van der Waals surface area contributed by atoms with Crippen LogP contribution in [0.3, 0.4) is 0 Å². The van der Waals surface area contributed by atoms with Crippen molar-refractivity contribution < 1.29 is 14.3 Å². The molecule has 0 spiro atoms. The van der Waals surface area contributed by atoms with Gasteiger partial charge in [-0.3, -0.25) is 0 Å². The zero-order chi connectivity index (χ0) is 16.9. The Balaban J connectivity index is 1.67. The average Bonchev–Trinajstić information content (AvgIpc) is 3.14. The van der Waals surface area contributed by atoms with Crippen LogP contribution in [-0.4, -0.2) is 13.1 Å². The van der Waals surface area contributed by atoms with Crippen molar-refractivity contribution >= 4 is 38.0 Å². The third kappa shape index (κ3) is 3.97. The van der Waals surface area contributed by atoms with Crippen LogP contribution in [-0.2, 0) is 6.42 Å². The third-order valence-corrected chi connectivity index (χ3v) is 6.09. The second kappa shape index (κ2) is 7.81. The summed E-state index contributed by atoms with van der Waals surface area (Å²) in [4.78, 5) is 14.3. The van der Waals surface area contributed by atoms with Gasteiger partial charge in [-0.2, -0.15) is 0 Å². The number of carbonyl (C=O) groups excluding carboxylic acids is 1. The third-order valence-electron chi connectivity index (χ3n) is 3.76. The van der Waals surface area contributed by atoms with Gasteiger partial charge in [0.25, 0.3) is 0 Å². The van der Waals surface area contributed by atoms with E-state index in [1.807, 2.05) is 6.07 Å². The van der Waals surface area contributed by atoms with Gasteiger partial charge in [-0.15, -0.1) is 22.7 Å². The molecule has 24 heavy (non-hydrogen) atoms. The summed E-state index contributed by atoms with van der Waals surface area (Å²) in [5.74, 6) is 0.959. The largest absolute Gasteiger partial charge is 0.497 e. The van der Waals surface area contributed by atoms with Crippen LogP contribution in [0.4, 0.5) is 0 Å². The minimum Gasteiger partial charge on any atom is -0.497 e. The van der Waals surface area contributed by atoms with Gasteiger partial charge in [0.2, 0.25) is 0 Å². The molecule has 0 radical (unpaired) electrons. The lowest BCUT2D eigenvalue weighted by Gasteiger charge is -2.03. The van der Waals surface area contributed by atoms with Crippen LogP contribution in [0.1, 0.15) is 40.7 Å². The molecule has 3 aromatic rings. The molecule has 0 unspecified atom stereocenters. The molecular weight excluding hydrogens is 340 g/mol. The molecule has 0 aliphatic carbocycles. The summed E-state index contributed by atoms with van der Waals surface area (Å²) in [6.45, 7) is 2.22. The highest BCUT2D eigenvalue weighted by molar-refractivity contribution is 7.28. The number of fused-ring (bicyclic) bond motifs is 1. The zero-order valence-corrected chi connectivity index (χ0v) is 15.5. The fourth-order valence-corrected chi connectivity index (χ4v) is 4.80. The van der Waals surface area contributed by atoms with E-state index in [4.69, 9.17) is 9.47 Å². The predicted octanol–water partition coefficient (Wildman–Crippen LogP) is 5.92. The normalized spacial score (nSPS) is 10.9. The average molecular weight is 361 g/mol. The number of hydrogen-bond donors (Lipinski definition) is 0. The van der Waals surface area contributed by atoms with Crippen LogP contribution in [0.25, 0.3) is 9.40 Å². The minimum absolute atomic E-state index is 0.305. The predicted molar refractivity (Wildman–Crippen MR) is 101 cm³/mol. The van der Waals surface area contributed by atoms with Crippen LogP contribution in [0.5, 0.6) is 11.5 Å². The lowest BCUT2D eigenvalue weighted by Crippen LogP contribution is -2.06. The van der Waals surface area contributed by atoms with Gasteiger partial charge in [0.15, 0.2) is 0 Å². The van der Waals surface area contributed by atoms with Gasteiger partial charge >= 0.3 is 5.97 Å². The number of benzene rings is 1. The quantitative estimate of drug-likeness (QED) is 0.298. The monoisotopic (exact) mass is 360 g/mol. The number of aryl methyl sites for hydroxylation is 1. The molecule has 0 atom stereocenters. The summed E-state index contributed by atoms with van der Waals surface area (Å²) in [6.07, 6.45) is 4.87. The molecule has 3 nitrogen and oxygen atoms in total. The van der Waals surface area contributed by atoms with Gasteiger partial charge < -0.3 is 9.47 Å². The molecule has 1 aromatic carbocycles. The first kappa shape index (κ1) is 17.0. The lowest BCUT2D eigenvalue weighted by molar-refractivity contribution is 0.0740. The molecule has 0 saturated carbocycles. The molecule has 5 heteroatoms. The highest BCUT2D eigenvalue weighted by atomic mass is 32.1. The second-order valence-electron chi connectivity index (χ2n) is 5.57. The Hall–Kier alpha value is -1.85. The van der Waals surface area contributed by atoms with Crippen molar-refractivity contribution in [3.63, 3.8) is 0 Å². The highest BCUT2D eigenvalue weighted by Gasteiger charge is 2.15. The molecule has 3 rings (SSSR count). The van der Waals surface area contributed by atoms with Gasteiger partial charge in [0.1, 0.15) is 16.4 Å². The number of esters is 1. The van der Waals surface area contributed by atoms with E-state index >= 15 is 0 Å². The number of rotatable bonds is 7. The Morgan fingerprint density at radius 3 is 2.38 bits per heavy atom. The number of unbranched alkanes of at least 4 members (excludes halogenated alkanes) is 2. The van der Waals surface area contributed by atoms with E-state index in [0.29, 0.717) is 10.6 Å².